The van der Waals surface area contributed by atoms with Gasteiger partial charge in [0.05, 0.1) is 0 Å². The van der Waals surface area contributed by atoms with Gasteiger partial charge in [-0.3, -0.25) is 0 Å². The molecule has 1 saturated heterocycles. The predicted octanol–water partition coefficient (Wildman–Crippen LogP) is 0.777. The van der Waals surface area contributed by atoms with Crippen molar-refractivity contribution in [2.24, 2.45) is 0 Å². The topological polar surface area (TPSA) is 55.8 Å². The van der Waals surface area contributed by atoms with Crippen molar-refractivity contribution in [2.45, 2.75) is 31.8 Å². The summed E-state index contributed by atoms with van der Waals surface area (Å²) in [5, 5.41) is 8.69. The highest BCUT2D eigenvalue weighted by molar-refractivity contribution is 5.73. The number of ether oxygens (including phenoxy) is 2. The van der Waals surface area contributed by atoms with Crippen LogP contribution in [0.4, 0.5) is 0 Å². The zero-order valence-corrected chi connectivity index (χ0v) is 7.11. The second-order valence-electron chi connectivity index (χ2n) is 3.09. The Kier molecular flexibility index (Phi) is 2.21. The molecule has 0 unspecified atom stereocenters. The van der Waals surface area contributed by atoms with Crippen LogP contribution >= 0.6 is 0 Å². The third-order valence-electron chi connectivity index (χ3n) is 1.60. The lowest BCUT2D eigenvalue weighted by atomic mass is 10.2. The second kappa shape index (κ2) is 2.88. The molecule has 2 atom stereocenters. The van der Waals surface area contributed by atoms with Crippen LogP contribution in [0.1, 0.15) is 13.8 Å². The Bertz CT molecular complexity index is 209. The number of rotatable bonds is 2. The van der Waals surface area contributed by atoms with Crippen LogP contribution in [0, 0.1) is 0 Å². The van der Waals surface area contributed by atoms with E-state index in [-0.39, 0.29) is 0 Å². The fraction of sp³-hybridized carbons (Fsp3) is 0.625. The van der Waals surface area contributed by atoms with Crippen LogP contribution in [0.3, 0.4) is 0 Å². The van der Waals surface area contributed by atoms with Gasteiger partial charge in [-0.25, -0.2) is 4.79 Å². The van der Waals surface area contributed by atoms with Gasteiger partial charge in [0.25, 0.3) is 0 Å². The summed E-state index contributed by atoms with van der Waals surface area (Å²) in [4.78, 5) is 10.6. The normalized spacial score (nSPS) is 33.2. The van der Waals surface area contributed by atoms with E-state index < -0.39 is 24.0 Å². The van der Waals surface area contributed by atoms with Crippen LogP contribution in [0.25, 0.3) is 0 Å². The summed E-state index contributed by atoms with van der Waals surface area (Å²) < 4.78 is 10.4. The van der Waals surface area contributed by atoms with E-state index in [1.807, 2.05) is 0 Å². The molecule has 0 saturated carbocycles. The maximum atomic E-state index is 10.6. The molecule has 1 fully saturated rings. The molecule has 1 N–H and O–H groups in total. The summed E-state index contributed by atoms with van der Waals surface area (Å²) in [6, 6.07) is 0. The van der Waals surface area contributed by atoms with Gasteiger partial charge in [0.1, 0.15) is 6.10 Å². The minimum atomic E-state index is -1.02. The largest absolute Gasteiger partial charge is 0.479 e. The van der Waals surface area contributed by atoms with E-state index >= 15 is 0 Å². The van der Waals surface area contributed by atoms with Gasteiger partial charge < -0.3 is 14.6 Å². The van der Waals surface area contributed by atoms with Gasteiger partial charge in [0.2, 0.25) is 0 Å². The molecule has 0 amide bonds. The minimum Gasteiger partial charge on any atom is -0.479 e. The monoisotopic (exact) mass is 172 g/mol. The molecule has 1 rings (SSSR count). The predicted molar refractivity (Wildman–Crippen MR) is 41.7 cm³/mol. The molecule has 0 bridgehead atoms. The van der Waals surface area contributed by atoms with Crippen LogP contribution in [-0.4, -0.2) is 29.1 Å². The van der Waals surface area contributed by atoms with Crippen LogP contribution in [-0.2, 0) is 14.3 Å². The fourth-order valence-electron chi connectivity index (χ4n) is 1.15. The smallest absolute Gasteiger partial charge is 0.336 e. The molecule has 0 radical (unpaired) electrons. The highest BCUT2D eigenvalue weighted by Gasteiger charge is 2.43. The van der Waals surface area contributed by atoms with E-state index in [1.54, 1.807) is 13.8 Å². The standard InChI is InChI=1S/C8H12O4/c1-4-5-6(7(9)10)12-8(2,3)11-5/h4-6H,1H2,2-3H3,(H,9,10)/t5-,6-/m0/s1. The molecule has 68 valence electrons. The van der Waals surface area contributed by atoms with Crippen molar-refractivity contribution in [1.29, 1.82) is 0 Å². The summed E-state index contributed by atoms with van der Waals surface area (Å²) in [5.41, 5.74) is 0. The summed E-state index contributed by atoms with van der Waals surface area (Å²) in [5.74, 6) is -1.85. The summed E-state index contributed by atoms with van der Waals surface area (Å²) >= 11 is 0. The summed E-state index contributed by atoms with van der Waals surface area (Å²) in [7, 11) is 0. The first-order valence-electron chi connectivity index (χ1n) is 3.67. The van der Waals surface area contributed by atoms with E-state index in [9.17, 15) is 4.79 Å². The number of carboxylic acids is 1. The first kappa shape index (κ1) is 9.22. The lowest BCUT2D eigenvalue weighted by Crippen LogP contribution is -2.29. The quantitative estimate of drug-likeness (QED) is 0.625. The average molecular weight is 172 g/mol. The van der Waals surface area contributed by atoms with Crippen LogP contribution in [0.15, 0.2) is 12.7 Å². The highest BCUT2D eigenvalue weighted by Crippen LogP contribution is 2.28. The Hall–Kier alpha value is -0.870. The molecule has 4 nitrogen and oxygen atoms in total. The Labute approximate surface area is 70.8 Å². The molecule has 0 aromatic heterocycles. The van der Waals surface area contributed by atoms with Gasteiger partial charge >= 0.3 is 5.97 Å². The number of carbonyl (C=O) groups is 1. The Morgan fingerprint density at radius 3 is 2.50 bits per heavy atom. The molecule has 1 heterocycles. The number of hydrogen-bond acceptors (Lipinski definition) is 3. The molecular formula is C8H12O4. The Balaban J connectivity index is 2.76. The Morgan fingerprint density at radius 1 is 1.58 bits per heavy atom. The number of carboxylic acid groups (broad SMARTS) is 1. The first-order valence-corrected chi connectivity index (χ1v) is 3.67. The molecule has 0 aliphatic carbocycles. The van der Waals surface area contributed by atoms with E-state index in [0.29, 0.717) is 0 Å². The van der Waals surface area contributed by atoms with Crippen LogP contribution in [0.5, 0.6) is 0 Å². The summed E-state index contributed by atoms with van der Waals surface area (Å²) in [6.07, 6.45) is -0.0527. The zero-order valence-electron chi connectivity index (χ0n) is 7.11. The third kappa shape index (κ3) is 1.65. The second-order valence-corrected chi connectivity index (χ2v) is 3.09. The SMILES string of the molecule is C=C[C@@H]1OC(C)(C)O[C@@H]1C(=O)O. The maximum absolute atomic E-state index is 10.6. The molecule has 1 aliphatic heterocycles. The molecule has 0 aromatic rings. The van der Waals surface area contributed by atoms with Gasteiger partial charge in [0.15, 0.2) is 11.9 Å². The van der Waals surface area contributed by atoms with Gasteiger partial charge in [-0.2, -0.15) is 0 Å². The fourth-order valence-corrected chi connectivity index (χ4v) is 1.15. The lowest BCUT2D eigenvalue weighted by Gasteiger charge is -2.15. The van der Waals surface area contributed by atoms with E-state index in [1.165, 1.54) is 6.08 Å². The van der Waals surface area contributed by atoms with Crippen molar-refractivity contribution in [1.82, 2.24) is 0 Å². The van der Waals surface area contributed by atoms with Crippen molar-refractivity contribution < 1.29 is 19.4 Å². The summed E-state index contributed by atoms with van der Waals surface area (Å²) in [6.45, 7) is 6.82. The maximum Gasteiger partial charge on any atom is 0.336 e. The third-order valence-corrected chi connectivity index (χ3v) is 1.60. The van der Waals surface area contributed by atoms with Crippen molar-refractivity contribution in [3.8, 4) is 0 Å². The molecule has 4 heteroatoms. The van der Waals surface area contributed by atoms with Gasteiger partial charge in [0, 0.05) is 0 Å². The van der Waals surface area contributed by atoms with Gasteiger partial charge in [-0.1, -0.05) is 6.08 Å². The molecule has 0 spiro atoms. The molecular weight excluding hydrogens is 160 g/mol. The van der Waals surface area contributed by atoms with Crippen LogP contribution < -0.4 is 0 Å². The molecule has 1 aliphatic rings. The van der Waals surface area contributed by atoms with Crippen molar-refractivity contribution in [3.05, 3.63) is 12.7 Å². The lowest BCUT2D eigenvalue weighted by molar-refractivity contribution is -0.165. The molecule has 0 aromatic carbocycles. The van der Waals surface area contributed by atoms with E-state index in [0.717, 1.165) is 0 Å². The number of aliphatic carboxylic acids is 1. The minimum absolute atomic E-state index is 0.558. The molecule has 12 heavy (non-hydrogen) atoms. The highest BCUT2D eigenvalue weighted by atomic mass is 16.8. The zero-order chi connectivity index (χ0) is 9.35. The van der Waals surface area contributed by atoms with Gasteiger partial charge in [-0.05, 0) is 13.8 Å². The van der Waals surface area contributed by atoms with E-state index in [2.05, 4.69) is 6.58 Å². The number of hydrogen-bond donors (Lipinski definition) is 1. The van der Waals surface area contributed by atoms with Crippen molar-refractivity contribution in [2.75, 3.05) is 0 Å². The van der Waals surface area contributed by atoms with Crippen LogP contribution in [0.2, 0.25) is 0 Å². The average Bonchev–Trinajstić information content (AvgIpc) is 2.25. The Morgan fingerprint density at radius 2 is 2.17 bits per heavy atom. The van der Waals surface area contributed by atoms with Crippen molar-refractivity contribution in [3.63, 3.8) is 0 Å². The first-order chi connectivity index (χ1) is 5.46. The van der Waals surface area contributed by atoms with E-state index in [4.69, 9.17) is 14.6 Å². The van der Waals surface area contributed by atoms with Crippen molar-refractivity contribution >= 4 is 5.97 Å². The van der Waals surface area contributed by atoms with Gasteiger partial charge in [-0.15, -0.1) is 6.58 Å².